The van der Waals surface area contributed by atoms with E-state index >= 15 is 0 Å². The molecule has 0 saturated carbocycles. The van der Waals surface area contributed by atoms with Crippen molar-refractivity contribution in [1.82, 2.24) is 10.6 Å². The first kappa shape index (κ1) is 18.6. The van der Waals surface area contributed by atoms with Gasteiger partial charge in [-0.15, -0.1) is 0 Å². The van der Waals surface area contributed by atoms with Crippen LogP contribution in [0.25, 0.3) is 5.70 Å². The number of carbonyl (C=O) groups is 1. The molecule has 4 nitrogen and oxygen atoms in total. The Bertz CT molecular complexity index is 881. The molecule has 2 N–H and O–H groups in total. The fourth-order valence-corrected chi connectivity index (χ4v) is 3.48. The first-order valence-corrected chi connectivity index (χ1v) is 9.51. The second-order valence-electron chi connectivity index (χ2n) is 5.92. The summed E-state index contributed by atoms with van der Waals surface area (Å²) in [6.07, 6.45) is 0. The Morgan fingerprint density at radius 3 is 2.62 bits per heavy atom. The molecule has 3 rings (SSSR count). The quantitative estimate of drug-likeness (QED) is 0.560. The molecule has 0 saturated heterocycles. The van der Waals surface area contributed by atoms with Crippen LogP contribution in [0.15, 0.2) is 58.6 Å². The summed E-state index contributed by atoms with van der Waals surface area (Å²) in [6, 6.07) is 15.3. The molecule has 1 aliphatic heterocycles. The van der Waals surface area contributed by atoms with E-state index in [4.69, 9.17) is 17.0 Å². The number of carbonyl (C=O) groups excluding carboxylic acids is 1. The summed E-state index contributed by atoms with van der Waals surface area (Å²) in [6.45, 7) is 4.12. The number of nitrogens with one attached hydrogen (secondary N) is 2. The van der Waals surface area contributed by atoms with Gasteiger partial charge in [-0.2, -0.15) is 0 Å². The molecule has 134 valence electrons. The molecular formula is C20H19BrN2O2S. The molecule has 0 fully saturated rings. The number of hydrogen-bond acceptors (Lipinski definition) is 3. The monoisotopic (exact) mass is 430 g/mol. The third kappa shape index (κ3) is 3.81. The number of aryl methyl sites for hydroxylation is 1. The molecule has 0 radical (unpaired) electrons. The van der Waals surface area contributed by atoms with Gasteiger partial charge in [-0.05, 0) is 48.8 Å². The molecule has 0 spiro atoms. The molecule has 0 unspecified atom stereocenters. The van der Waals surface area contributed by atoms with E-state index in [0.717, 1.165) is 21.2 Å². The molecule has 26 heavy (non-hydrogen) atoms. The van der Waals surface area contributed by atoms with E-state index in [0.29, 0.717) is 23.0 Å². The minimum atomic E-state index is -0.394. The van der Waals surface area contributed by atoms with Gasteiger partial charge in [0.25, 0.3) is 0 Å². The smallest absolute Gasteiger partial charge is 0.338 e. The molecule has 6 heteroatoms. The third-order valence-electron chi connectivity index (χ3n) is 4.16. The second kappa shape index (κ2) is 8.01. The van der Waals surface area contributed by atoms with Gasteiger partial charge in [-0.3, -0.25) is 0 Å². The lowest BCUT2D eigenvalue weighted by Crippen LogP contribution is -2.45. The summed E-state index contributed by atoms with van der Waals surface area (Å²) in [7, 11) is 0. The normalized spacial score (nSPS) is 16.7. The number of ether oxygens (including phenoxy) is 1. The predicted molar refractivity (Wildman–Crippen MR) is 110 cm³/mol. The highest BCUT2D eigenvalue weighted by Gasteiger charge is 2.33. The molecule has 0 bridgehead atoms. The summed E-state index contributed by atoms with van der Waals surface area (Å²) in [5.41, 5.74) is 4.13. The van der Waals surface area contributed by atoms with Gasteiger partial charge in [-0.1, -0.05) is 58.4 Å². The van der Waals surface area contributed by atoms with Crippen LogP contribution in [-0.2, 0) is 9.53 Å². The lowest BCUT2D eigenvalue weighted by Gasteiger charge is -2.31. The maximum atomic E-state index is 12.8. The summed E-state index contributed by atoms with van der Waals surface area (Å²) in [5.74, 6) is -0.365. The van der Waals surface area contributed by atoms with Crippen molar-refractivity contribution in [2.24, 2.45) is 0 Å². The van der Waals surface area contributed by atoms with Crippen LogP contribution >= 0.6 is 28.1 Å². The Hall–Kier alpha value is -2.18. The molecule has 2 aromatic rings. The molecule has 1 atom stereocenters. The highest BCUT2D eigenvalue weighted by Crippen LogP contribution is 2.33. The number of thiocarbonyl (C=S) groups is 1. The standard InChI is InChI=1S/C20H19BrN2O2S/c1-3-25-19(24)16-17(13-7-5-4-6-8-13)22-20(26)23-18(16)14-10-9-12(2)15(21)11-14/h4-11,18H,3H2,1-2H3,(H2,22,23,26)/t18-/m0/s1. The van der Waals surface area contributed by atoms with Gasteiger partial charge in [-0.25, -0.2) is 4.79 Å². The topological polar surface area (TPSA) is 50.4 Å². The van der Waals surface area contributed by atoms with Crippen LogP contribution in [0.4, 0.5) is 0 Å². The van der Waals surface area contributed by atoms with E-state index in [1.54, 1.807) is 6.92 Å². The highest BCUT2D eigenvalue weighted by atomic mass is 79.9. The largest absolute Gasteiger partial charge is 0.463 e. The van der Waals surface area contributed by atoms with Gasteiger partial charge < -0.3 is 15.4 Å². The minimum absolute atomic E-state index is 0.305. The zero-order valence-electron chi connectivity index (χ0n) is 14.5. The first-order chi connectivity index (χ1) is 12.5. The zero-order valence-corrected chi connectivity index (χ0v) is 16.9. The SMILES string of the molecule is CCOC(=O)C1=C(c2ccccc2)NC(=S)N[C@H]1c1ccc(C)c(Br)c1. The van der Waals surface area contributed by atoms with Crippen molar-refractivity contribution in [3.63, 3.8) is 0 Å². The highest BCUT2D eigenvalue weighted by molar-refractivity contribution is 9.10. The molecule has 0 aliphatic carbocycles. The van der Waals surface area contributed by atoms with E-state index in [1.165, 1.54) is 0 Å². The number of benzene rings is 2. The summed E-state index contributed by atoms with van der Waals surface area (Å²) < 4.78 is 6.32. The molecular weight excluding hydrogens is 412 g/mol. The van der Waals surface area contributed by atoms with Gasteiger partial charge in [0.15, 0.2) is 5.11 Å². The lowest BCUT2D eigenvalue weighted by molar-refractivity contribution is -0.138. The molecule has 2 aromatic carbocycles. The van der Waals surface area contributed by atoms with Crippen LogP contribution in [0.2, 0.25) is 0 Å². The maximum Gasteiger partial charge on any atom is 0.338 e. The van der Waals surface area contributed by atoms with Gasteiger partial charge in [0.05, 0.1) is 23.9 Å². The Labute approximate surface area is 166 Å². The predicted octanol–water partition coefficient (Wildman–Crippen LogP) is 4.25. The summed E-state index contributed by atoms with van der Waals surface area (Å²) in [5, 5.41) is 6.82. The Morgan fingerprint density at radius 1 is 1.23 bits per heavy atom. The van der Waals surface area contributed by atoms with E-state index in [-0.39, 0.29) is 5.97 Å². The van der Waals surface area contributed by atoms with Crippen molar-refractivity contribution in [1.29, 1.82) is 0 Å². The average molecular weight is 431 g/mol. The number of rotatable bonds is 4. The number of esters is 1. The van der Waals surface area contributed by atoms with Crippen LogP contribution in [0.3, 0.4) is 0 Å². The molecule has 0 amide bonds. The second-order valence-corrected chi connectivity index (χ2v) is 7.18. The maximum absolute atomic E-state index is 12.8. The fraction of sp³-hybridized carbons (Fsp3) is 0.200. The third-order valence-corrected chi connectivity index (χ3v) is 5.23. The molecule has 0 aromatic heterocycles. The minimum Gasteiger partial charge on any atom is -0.463 e. The van der Waals surface area contributed by atoms with Crippen molar-refractivity contribution in [3.05, 3.63) is 75.3 Å². The van der Waals surface area contributed by atoms with Crippen molar-refractivity contribution >= 4 is 44.9 Å². The lowest BCUT2D eigenvalue weighted by atomic mass is 9.92. The van der Waals surface area contributed by atoms with Crippen LogP contribution in [0.5, 0.6) is 0 Å². The zero-order chi connectivity index (χ0) is 18.7. The van der Waals surface area contributed by atoms with Crippen molar-refractivity contribution in [2.75, 3.05) is 6.61 Å². The van der Waals surface area contributed by atoms with E-state index in [2.05, 4.69) is 26.6 Å². The fourth-order valence-electron chi connectivity index (χ4n) is 2.86. The van der Waals surface area contributed by atoms with Crippen LogP contribution in [-0.4, -0.2) is 17.7 Å². The van der Waals surface area contributed by atoms with Gasteiger partial charge in [0.2, 0.25) is 0 Å². The van der Waals surface area contributed by atoms with Crippen molar-refractivity contribution < 1.29 is 9.53 Å². The van der Waals surface area contributed by atoms with E-state index in [9.17, 15) is 4.79 Å². The Kier molecular flexibility index (Phi) is 5.74. The first-order valence-electron chi connectivity index (χ1n) is 8.31. The van der Waals surface area contributed by atoms with Crippen LogP contribution < -0.4 is 10.6 Å². The summed E-state index contributed by atoms with van der Waals surface area (Å²) >= 11 is 8.97. The number of halogens is 1. The Balaban J connectivity index is 2.18. The summed E-state index contributed by atoms with van der Waals surface area (Å²) in [4.78, 5) is 12.8. The van der Waals surface area contributed by atoms with Crippen LogP contribution in [0.1, 0.15) is 29.7 Å². The number of hydrogen-bond donors (Lipinski definition) is 2. The van der Waals surface area contributed by atoms with E-state index in [1.807, 2.05) is 55.5 Å². The van der Waals surface area contributed by atoms with Crippen LogP contribution in [0, 0.1) is 6.92 Å². The Morgan fingerprint density at radius 2 is 1.96 bits per heavy atom. The van der Waals surface area contributed by atoms with E-state index < -0.39 is 6.04 Å². The molecule has 1 heterocycles. The van der Waals surface area contributed by atoms with Crippen molar-refractivity contribution in [2.45, 2.75) is 19.9 Å². The average Bonchev–Trinajstić information content (AvgIpc) is 2.64. The van der Waals surface area contributed by atoms with Gasteiger partial charge in [0.1, 0.15) is 0 Å². The van der Waals surface area contributed by atoms with Gasteiger partial charge in [0, 0.05) is 4.47 Å². The van der Waals surface area contributed by atoms with Crippen molar-refractivity contribution in [3.8, 4) is 0 Å². The van der Waals surface area contributed by atoms with Gasteiger partial charge >= 0.3 is 5.97 Å². The molecule has 1 aliphatic rings.